The third-order valence-electron chi connectivity index (χ3n) is 5.56. The molecule has 0 bridgehead atoms. The zero-order valence-electron chi connectivity index (χ0n) is 17.4. The first-order chi connectivity index (χ1) is 14.7. The van der Waals surface area contributed by atoms with Crippen molar-refractivity contribution in [2.45, 2.75) is 19.0 Å². The highest BCUT2D eigenvalue weighted by Gasteiger charge is 2.32. The third kappa shape index (κ3) is 3.99. The number of methoxy groups -OCH3 is 2. The molecule has 0 fully saturated rings. The van der Waals surface area contributed by atoms with Crippen LogP contribution in [0.5, 0.6) is 11.5 Å². The van der Waals surface area contributed by atoms with E-state index < -0.39 is 0 Å². The first-order valence-electron chi connectivity index (χ1n) is 10.2. The molecule has 0 saturated heterocycles. The molecule has 0 radical (unpaired) electrons. The van der Waals surface area contributed by atoms with E-state index in [1.54, 1.807) is 14.2 Å². The largest absolute Gasteiger partial charge is 0.493 e. The molecule has 2 aromatic carbocycles. The van der Waals surface area contributed by atoms with Gasteiger partial charge in [0.2, 0.25) is 0 Å². The first kappa shape index (κ1) is 19.9. The van der Waals surface area contributed by atoms with Crippen LogP contribution in [0.3, 0.4) is 0 Å². The van der Waals surface area contributed by atoms with Gasteiger partial charge < -0.3 is 24.3 Å². The molecule has 4 rings (SSSR count). The van der Waals surface area contributed by atoms with Crippen molar-refractivity contribution in [1.82, 2.24) is 14.8 Å². The molecule has 0 aliphatic carbocycles. The molecule has 6 nitrogen and oxygen atoms in total. The van der Waals surface area contributed by atoms with E-state index in [0.717, 1.165) is 24.2 Å². The second kappa shape index (κ2) is 8.95. The normalized spacial score (nSPS) is 15.4. The highest BCUT2D eigenvalue weighted by molar-refractivity contribution is 5.75. The molecule has 0 saturated carbocycles. The summed E-state index contributed by atoms with van der Waals surface area (Å²) in [4.78, 5) is 15.0. The number of urea groups is 1. The molecule has 0 unspecified atom stereocenters. The van der Waals surface area contributed by atoms with Gasteiger partial charge in [-0.05, 0) is 41.8 Å². The Labute approximate surface area is 177 Å². The van der Waals surface area contributed by atoms with Crippen molar-refractivity contribution in [3.8, 4) is 11.5 Å². The van der Waals surface area contributed by atoms with Crippen molar-refractivity contribution in [3.63, 3.8) is 0 Å². The predicted molar refractivity (Wildman–Crippen MR) is 116 cm³/mol. The van der Waals surface area contributed by atoms with Crippen molar-refractivity contribution in [1.29, 1.82) is 0 Å². The number of fused-ring (bicyclic) bond motifs is 1. The van der Waals surface area contributed by atoms with Crippen LogP contribution in [-0.4, -0.2) is 42.8 Å². The van der Waals surface area contributed by atoms with E-state index >= 15 is 0 Å². The van der Waals surface area contributed by atoms with E-state index in [1.165, 1.54) is 5.56 Å². The maximum atomic E-state index is 13.1. The number of carbonyl (C=O) groups excluding carboxylic acids is 1. The Morgan fingerprint density at radius 1 is 1.00 bits per heavy atom. The molecule has 3 aromatic rings. The van der Waals surface area contributed by atoms with Gasteiger partial charge in [0.15, 0.2) is 11.5 Å². The highest BCUT2D eigenvalue weighted by Crippen LogP contribution is 2.37. The minimum Gasteiger partial charge on any atom is -0.493 e. The fourth-order valence-corrected chi connectivity index (χ4v) is 4.04. The van der Waals surface area contributed by atoms with E-state index in [2.05, 4.69) is 34.3 Å². The molecule has 30 heavy (non-hydrogen) atoms. The molecule has 0 spiro atoms. The van der Waals surface area contributed by atoms with Crippen LogP contribution in [0.2, 0.25) is 0 Å². The van der Waals surface area contributed by atoms with Crippen molar-refractivity contribution in [2.24, 2.45) is 0 Å². The lowest BCUT2D eigenvalue weighted by atomic mass is 9.99. The summed E-state index contributed by atoms with van der Waals surface area (Å²) in [6, 6.07) is 19.9. The van der Waals surface area contributed by atoms with E-state index in [4.69, 9.17) is 9.47 Å². The zero-order valence-corrected chi connectivity index (χ0v) is 17.4. The topological polar surface area (TPSA) is 55.7 Å². The lowest BCUT2D eigenvalue weighted by Crippen LogP contribution is -2.47. The number of benzene rings is 2. The maximum Gasteiger partial charge on any atom is 0.318 e. The van der Waals surface area contributed by atoms with Crippen LogP contribution in [0.4, 0.5) is 4.79 Å². The standard InChI is InChI=1S/C24H27N3O3/c1-29-21-11-10-19(17-22(21)30-2)23-20-9-6-14-26(20)15-16-27(23)24(28)25-13-12-18-7-4-3-5-8-18/h3-11,14,17,23H,12-13,15-16H2,1-2H3,(H,25,28)/t23-/m1/s1. The Morgan fingerprint density at radius 3 is 2.57 bits per heavy atom. The van der Waals surface area contributed by atoms with Gasteiger partial charge in [0.05, 0.1) is 20.3 Å². The van der Waals surface area contributed by atoms with Crippen molar-refractivity contribution >= 4 is 6.03 Å². The van der Waals surface area contributed by atoms with Crippen LogP contribution in [0.15, 0.2) is 66.9 Å². The number of nitrogens with one attached hydrogen (secondary N) is 1. The van der Waals surface area contributed by atoms with Crippen molar-refractivity contribution in [3.05, 3.63) is 83.7 Å². The third-order valence-corrected chi connectivity index (χ3v) is 5.56. The van der Waals surface area contributed by atoms with Crippen LogP contribution >= 0.6 is 0 Å². The van der Waals surface area contributed by atoms with Crippen molar-refractivity contribution < 1.29 is 14.3 Å². The smallest absolute Gasteiger partial charge is 0.318 e. The van der Waals surface area contributed by atoms with Crippen LogP contribution in [0.25, 0.3) is 0 Å². The summed E-state index contributed by atoms with van der Waals surface area (Å²) in [5.41, 5.74) is 3.29. The molecule has 1 aromatic heterocycles. The van der Waals surface area contributed by atoms with Crippen LogP contribution in [0, 0.1) is 0 Å². The average molecular weight is 405 g/mol. The number of carbonyl (C=O) groups is 1. The summed E-state index contributed by atoms with van der Waals surface area (Å²) in [6.45, 7) is 2.01. The molecule has 1 aliphatic rings. The lowest BCUT2D eigenvalue weighted by Gasteiger charge is -2.37. The zero-order chi connectivity index (χ0) is 20.9. The van der Waals surface area contributed by atoms with E-state index in [0.29, 0.717) is 24.6 Å². The van der Waals surface area contributed by atoms with Gasteiger partial charge in [0.1, 0.15) is 0 Å². The van der Waals surface area contributed by atoms with E-state index in [9.17, 15) is 4.79 Å². The number of ether oxygens (including phenoxy) is 2. The Morgan fingerprint density at radius 2 is 1.80 bits per heavy atom. The first-order valence-corrected chi connectivity index (χ1v) is 10.2. The van der Waals surface area contributed by atoms with Gasteiger partial charge in [-0.3, -0.25) is 0 Å². The fourth-order valence-electron chi connectivity index (χ4n) is 4.04. The summed E-state index contributed by atoms with van der Waals surface area (Å²) >= 11 is 0. The predicted octanol–water partition coefficient (Wildman–Crippen LogP) is 3.86. The van der Waals surface area contributed by atoms with Crippen LogP contribution in [-0.2, 0) is 13.0 Å². The molecule has 2 heterocycles. The summed E-state index contributed by atoms with van der Waals surface area (Å²) in [5.74, 6) is 1.33. The molecule has 2 amide bonds. The van der Waals surface area contributed by atoms with Crippen LogP contribution < -0.4 is 14.8 Å². The van der Waals surface area contributed by atoms with Gasteiger partial charge in [-0.1, -0.05) is 36.4 Å². The number of rotatable bonds is 6. The average Bonchev–Trinajstić information content (AvgIpc) is 3.27. The molecular weight excluding hydrogens is 378 g/mol. The molecule has 156 valence electrons. The summed E-state index contributed by atoms with van der Waals surface area (Å²) in [6.07, 6.45) is 2.87. The molecule has 1 aliphatic heterocycles. The molecular formula is C24H27N3O3. The monoisotopic (exact) mass is 405 g/mol. The summed E-state index contributed by atoms with van der Waals surface area (Å²) in [7, 11) is 3.25. The van der Waals surface area contributed by atoms with Gasteiger partial charge >= 0.3 is 6.03 Å². The Hall–Kier alpha value is -3.41. The number of hydrogen-bond donors (Lipinski definition) is 1. The van der Waals surface area contributed by atoms with Gasteiger partial charge in [-0.2, -0.15) is 0 Å². The maximum absolute atomic E-state index is 13.1. The molecule has 1 atom stereocenters. The highest BCUT2D eigenvalue weighted by atomic mass is 16.5. The second-order valence-corrected chi connectivity index (χ2v) is 7.30. The van der Waals surface area contributed by atoms with Gasteiger partial charge in [0.25, 0.3) is 0 Å². The summed E-state index contributed by atoms with van der Waals surface area (Å²) < 4.78 is 13.1. The minimum absolute atomic E-state index is 0.0573. The van der Waals surface area contributed by atoms with Crippen molar-refractivity contribution in [2.75, 3.05) is 27.3 Å². The Balaban J connectivity index is 1.56. The van der Waals surface area contributed by atoms with Gasteiger partial charge in [-0.25, -0.2) is 4.79 Å². The number of amides is 2. The quantitative estimate of drug-likeness (QED) is 0.678. The number of nitrogens with zero attached hydrogens (tertiary/aromatic N) is 2. The number of hydrogen-bond acceptors (Lipinski definition) is 3. The summed E-state index contributed by atoms with van der Waals surface area (Å²) in [5, 5.41) is 3.10. The Kier molecular flexibility index (Phi) is 5.93. The van der Waals surface area contributed by atoms with E-state index in [1.807, 2.05) is 47.4 Å². The molecule has 6 heteroatoms. The fraction of sp³-hybridized carbons (Fsp3) is 0.292. The number of aromatic nitrogens is 1. The van der Waals surface area contributed by atoms with Gasteiger partial charge in [-0.15, -0.1) is 0 Å². The van der Waals surface area contributed by atoms with Crippen LogP contribution in [0.1, 0.15) is 22.9 Å². The molecule has 1 N–H and O–H groups in total. The van der Waals surface area contributed by atoms with E-state index in [-0.39, 0.29) is 12.1 Å². The SMILES string of the molecule is COc1ccc([C@@H]2c3cccn3CCN2C(=O)NCCc2ccccc2)cc1OC. The Bertz CT molecular complexity index is 1000. The minimum atomic E-state index is -0.190. The lowest BCUT2D eigenvalue weighted by molar-refractivity contribution is 0.168. The second-order valence-electron chi connectivity index (χ2n) is 7.30. The van der Waals surface area contributed by atoms with Gasteiger partial charge in [0, 0.05) is 31.5 Å².